The standard InChI is InChI=1S/C8H7BrO2.H2O.O.V/c1-5(10)7-4-6(9)2-3-8(7)11;;;/h2-4,11H,1H3;1H2;;/q;;-2;+4/p-2. The molecule has 0 saturated heterocycles. The first kappa shape index (κ1) is 19.3. The van der Waals surface area contributed by atoms with Crippen LogP contribution in [0.25, 0.3) is 0 Å². The zero-order chi connectivity index (χ0) is 8.43. The van der Waals surface area contributed by atoms with E-state index in [-0.39, 0.29) is 46.6 Å². The summed E-state index contributed by atoms with van der Waals surface area (Å²) in [4.78, 5) is 10.8. The monoisotopic (exact) mass is 297 g/mol. The molecule has 0 heterocycles. The Morgan fingerprint density at radius 3 is 2.29 bits per heavy atom. The molecule has 1 radical (unpaired) electrons. The van der Waals surface area contributed by atoms with Crippen molar-refractivity contribution in [1.82, 2.24) is 0 Å². The molecule has 0 saturated carbocycles. The van der Waals surface area contributed by atoms with E-state index in [2.05, 4.69) is 15.9 Å². The van der Waals surface area contributed by atoms with Crippen molar-refractivity contribution in [2.45, 2.75) is 6.92 Å². The van der Waals surface area contributed by atoms with E-state index in [0.717, 1.165) is 4.47 Å². The fraction of sp³-hybridized carbons (Fsp3) is 0.125. The van der Waals surface area contributed by atoms with Crippen molar-refractivity contribution in [2.75, 3.05) is 0 Å². The van der Waals surface area contributed by atoms with Crippen LogP contribution in [0, 0.1) is 0 Å². The van der Waals surface area contributed by atoms with Crippen LogP contribution in [0.1, 0.15) is 17.3 Å². The number of halogens is 1. The van der Waals surface area contributed by atoms with Crippen molar-refractivity contribution in [3.8, 4) is 5.75 Å². The van der Waals surface area contributed by atoms with Crippen molar-refractivity contribution in [2.24, 2.45) is 0 Å². The summed E-state index contributed by atoms with van der Waals surface area (Å²) in [5, 5.41) is 11.0. The van der Waals surface area contributed by atoms with E-state index in [1.54, 1.807) is 6.07 Å². The largest absolute Gasteiger partial charge is 4.00 e. The number of Topliss-reactive ketones (excluding diaryl/α,β-unsaturated/α-hetero) is 1. The van der Waals surface area contributed by atoms with Crippen LogP contribution in [0.15, 0.2) is 22.7 Å². The second kappa shape index (κ2) is 8.02. The fourth-order valence-corrected chi connectivity index (χ4v) is 1.14. The molecule has 6 heteroatoms. The predicted molar refractivity (Wildman–Crippen MR) is 46.2 cm³/mol. The minimum atomic E-state index is -0.222. The van der Waals surface area contributed by atoms with Gasteiger partial charge in [0.2, 0.25) is 0 Å². The van der Waals surface area contributed by atoms with E-state index in [4.69, 9.17) is 0 Å². The Hall–Kier alpha value is -0.326. The van der Waals surface area contributed by atoms with Crippen LogP contribution < -0.4 is 5.11 Å². The number of hydrogen-bond donors (Lipinski definition) is 0. The summed E-state index contributed by atoms with van der Waals surface area (Å²) < 4.78 is 0.752. The van der Waals surface area contributed by atoms with Crippen LogP contribution >= 0.6 is 15.9 Å². The molecule has 75 valence electrons. The minimum Gasteiger partial charge on any atom is -2.00 e. The average molecular weight is 298 g/mol. The summed E-state index contributed by atoms with van der Waals surface area (Å²) in [6, 6.07) is 4.53. The second-order valence-electron chi connectivity index (χ2n) is 2.20. The molecule has 0 spiro atoms. The van der Waals surface area contributed by atoms with E-state index < -0.39 is 0 Å². The van der Waals surface area contributed by atoms with Crippen LogP contribution in [0.2, 0.25) is 0 Å². The molecule has 14 heavy (non-hydrogen) atoms. The average Bonchev–Trinajstić information content (AvgIpc) is 1.94. The normalized spacial score (nSPS) is 7.57. The van der Waals surface area contributed by atoms with Gasteiger partial charge in [0, 0.05) is 10.0 Å². The van der Waals surface area contributed by atoms with Gasteiger partial charge in [-0.2, -0.15) is 0 Å². The van der Waals surface area contributed by atoms with E-state index in [1.165, 1.54) is 19.1 Å². The number of hydrogen-bond acceptors (Lipinski definition) is 3. The quantitative estimate of drug-likeness (QED) is 0.733. The maximum atomic E-state index is 11.0. The Bertz CT molecular complexity index is 303. The third kappa shape index (κ3) is 4.78. The summed E-state index contributed by atoms with van der Waals surface area (Å²) in [6.45, 7) is 1.38. The molecule has 1 aromatic rings. The van der Waals surface area contributed by atoms with E-state index >= 15 is 0 Å². The van der Waals surface area contributed by atoms with E-state index in [1.807, 2.05) is 0 Å². The number of ketones is 1. The van der Waals surface area contributed by atoms with Gasteiger partial charge in [-0.1, -0.05) is 27.7 Å². The molecule has 0 fully saturated rings. The van der Waals surface area contributed by atoms with Crippen LogP contribution in [0.4, 0.5) is 0 Å². The molecule has 4 nitrogen and oxygen atoms in total. The van der Waals surface area contributed by atoms with Gasteiger partial charge < -0.3 is 16.1 Å². The summed E-state index contributed by atoms with van der Waals surface area (Å²) in [6.07, 6.45) is 0. The van der Waals surface area contributed by atoms with Gasteiger partial charge in [0.15, 0.2) is 5.78 Å². The van der Waals surface area contributed by atoms with Crippen molar-refractivity contribution >= 4 is 21.7 Å². The van der Waals surface area contributed by atoms with Gasteiger partial charge in [-0.15, -0.1) is 0 Å². The molecule has 0 aromatic heterocycles. The molecule has 1 rings (SSSR count). The smallest absolute Gasteiger partial charge is 2.00 e. The van der Waals surface area contributed by atoms with Crippen molar-refractivity contribution < 1.29 is 39.4 Å². The van der Waals surface area contributed by atoms with Gasteiger partial charge in [-0.3, -0.25) is 4.79 Å². The molecular weight excluding hydrogens is 291 g/mol. The molecule has 0 bridgehead atoms. The molecular formula is C8H7BrO4V. The number of carbonyl (C=O) groups excluding carboxylic acids is 1. The zero-order valence-electron chi connectivity index (χ0n) is 7.23. The van der Waals surface area contributed by atoms with Crippen molar-refractivity contribution in [1.29, 1.82) is 0 Å². The number of carbonyl (C=O) groups is 1. The third-order valence-corrected chi connectivity index (χ3v) is 1.81. The van der Waals surface area contributed by atoms with E-state index in [9.17, 15) is 9.90 Å². The fourth-order valence-electron chi connectivity index (χ4n) is 0.777. The molecule has 0 atom stereocenters. The van der Waals surface area contributed by atoms with Gasteiger partial charge >= 0.3 is 18.6 Å². The van der Waals surface area contributed by atoms with Gasteiger partial charge in [-0.05, 0) is 19.1 Å². The number of benzene rings is 1. The van der Waals surface area contributed by atoms with E-state index in [0.29, 0.717) is 0 Å². The molecule has 0 unspecified atom stereocenters. The van der Waals surface area contributed by atoms with Crippen LogP contribution in [-0.4, -0.2) is 11.3 Å². The molecule has 1 aromatic carbocycles. The maximum absolute atomic E-state index is 11.0. The molecule has 0 aliphatic rings. The van der Waals surface area contributed by atoms with Crippen LogP contribution in [-0.2, 0) is 24.0 Å². The first-order valence-corrected chi connectivity index (χ1v) is 3.88. The predicted octanol–water partition coefficient (Wildman–Crippen LogP) is 1.43. The van der Waals surface area contributed by atoms with Gasteiger partial charge in [0.25, 0.3) is 0 Å². The molecule has 0 aliphatic carbocycles. The Morgan fingerprint density at radius 2 is 1.93 bits per heavy atom. The topological polar surface area (TPSA) is 98.6 Å². The van der Waals surface area contributed by atoms with Gasteiger partial charge in [-0.25, -0.2) is 0 Å². The van der Waals surface area contributed by atoms with Gasteiger partial charge in [0.05, 0.1) is 0 Å². The van der Waals surface area contributed by atoms with Crippen molar-refractivity contribution in [3.05, 3.63) is 28.2 Å². The SMILES string of the molecule is CC(=O)c1cc(Br)ccc1[O-].[O-2].[OH-].[V+4]. The Morgan fingerprint density at radius 1 is 1.43 bits per heavy atom. The Balaban J connectivity index is -0.000000403. The molecule has 0 aliphatic heterocycles. The van der Waals surface area contributed by atoms with Crippen LogP contribution in [0.3, 0.4) is 0 Å². The van der Waals surface area contributed by atoms with Crippen molar-refractivity contribution in [3.63, 3.8) is 0 Å². The zero-order valence-corrected chi connectivity index (χ0v) is 10.2. The Kier molecular flexibility index (Phi) is 11.0. The minimum absolute atomic E-state index is 0. The third-order valence-electron chi connectivity index (χ3n) is 1.32. The first-order valence-electron chi connectivity index (χ1n) is 3.09. The summed E-state index contributed by atoms with van der Waals surface area (Å²) >= 11 is 3.17. The van der Waals surface area contributed by atoms with Crippen LogP contribution in [0.5, 0.6) is 5.75 Å². The molecule has 1 N–H and O–H groups in total. The number of rotatable bonds is 1. The Labute approximate surface area is 102 Å². The van der Waals surface area contributed by atoms with Gasteiger partial charge in [0.1, 0.15) is 0 Å². The summed E-state index contributed by atoms with van der Waals surface area (Å²) in [5.74, 6) is -0.419. The molecule has 0 amide bonds. The summed E-state index contributed by atoms with van der Waals surface area (Å²) in [7, 11) is 0. The maximum Gasteiger partial charge on any atom is 4.00 e. The summed E-state index contributed by atoms with van der Waals surface area (Å²) in [5.41, 5.74) is 0.236. The first-order chi connectivity index (χ1) is 5.11. The second-order valence-corrected chi connectivity index (χ2v) is 3.11.